The van der Waals surface area contributed by atoms with Crippen molar-refractivity contribution in [2.24, 2.45) is 0 Å². The summed E-state index contributed by atoms with van der Waals surface area (Å²) in [5.74, 6) is 0.590. The van der Waals surface area contributed by atoms with Gasteiger partial charge in [-0.1, -0.05) is 59.1 Å². The van der Waals surface area contributed by atoms with Gasteiger partial charge >= 0.3 is 0 Å². The smallest absolute Gasteiger partial charge is 0.209 e. The zero-order valence-electron chi connectivity index (χ0n) is 21.8. The highest BCUT2D eigenvalue weighted by molar-refractivity contribution is 7.88. The lowest BCUT2D eigenvalue weighted by Gasteiger charge is -2.07. The van der Waals surface area contributed by atoms with Crippen LogP contribution in [0, 0.1) is 0 Å². The highest BCUT2D eigenvalue weighted by atomic mass is 35.5. The number of nitrogens with zero attached hydrogens (tertiary/aromatic N) is 4. The molecule has 12 nitrogen and oxygen atoms in total. The number of rotatable bonds is 8. The third-order valence-electron chi connectivity index (χ3n) is 4.52. The van der Waals surface area contributed by atoms with Crippen LogP contribution in [0.15, 0.2) is 73.3 Å². The first-order chi connectivity index (χ1) is 19.2. The Hall–Kier alpha value is -3.11. The Bertz CT molecular complexity index is 1590. The minimum Gasteiger partial charge on any atom is -0.399 e. The van der Waals surface area contributed by atoms with Crippen molar-refractivity contribution < 1.29 is 16.8 Å². The normalized spacial score (nSPS) is 11.0. The van der Waals surface area contributed by atoms with E-state index in [2.05, 4.69) is 34.7 Å². The third kappa shape index (κ3) is 16.1. The molecule has 0 aliphatic rings. The predicted molar refractivity (Wildman–Crippen MR) is 163 cm³/mol. The fourth-order valence-corrected chi connectivity index (χ4v) is 3.99. The van der Waals surface area contributed by atoms with Gasteiger partial charge in [0.2, 0.25) is 20.0 Å². The zero-order chi connectivity index (χ0) is 30.5. The lowest BCUT2D eigenvalue weighted by Crippen LogP contribution is -2.21. The first-order valence-corrected chi connectivity index (χ1v) is 16.3. The van der Waals surface area contributed by atoms with Gasteiger partial charge in [-0.2, -0.15) is 0 Å². The van der Waals surface area contributed by atoms with Gasteiger partial charge in [-0.25, -0.2) is 46.2 Å². The minimum absolute atomic E-state index is 0.262. The van der Waals surface area contributed by atoms with E-state index in [1.165, 1.54) is 18.7 Å². The lowest BCUT2D eigenvalue weighted by molar-refractivity contribution is 0.586. The van der Waals surface area contributed by atoms with Crippen LogP contribution in [0.3, 0.4) is 0 Å². The average molecular weight is 662 g/mol. The average Bonchev–Trinajstić information content (AvgIpc) is 2.88. The van der Waals surface area contributed by atoms with Crippen molar-refractivity contribution in [3.05, 3.63) is 99.9 Å². The molecule has 2 aromatic carbocycles. The molecule has 0 aliphatic carbocycles. The molecule has 41 heavy (non-hydrogen) atoms. The second-order valence-electron chi connectivity index (χ2n) is 8.14. The topological polar surface area (TPSA) is 182 Å². The van der Waals surface area contributed by atoms with Crippen LogP contribution in [0.25, 0.3) is 0 Å². The van der Waals surface area contributed by atoms with Crippen molar-refractivity contribution in [1.82, 2.24) is 29.4 Å². The number of anilines is 3. The fourth-order valence-electron chi connectivity index (χ4n) is 2.63. The van der Waals surface area contributed by atoms with Gasteiger partial charge in [0, 0.05) is 36.6 Å². The maximum absolute atomic E-state index is 11.0. The molecule has 220 valence electrons. The van der Waals surface area contributed by atoms with Crippen molar-refractivity contribution in [2.75, 3.05) is 23.6 Å². The Labute approximate surface area is 253 Å². The predicted octanol–water partition coefficient (Wildman–Crippen LogP) is 4.02. The largest absolute Gasteiger partial charge is 0.399 e. The van der Waals surface area contributed by atoms with Gasteiger partial charge in [-0.15, -0.1) is 0 Å². The van der Waals surface area contributed by atoms with Gasteiger partial charge in [-0.05, 0) is 35.4 Å². The number of hydrogen-bond acceptors (Lipinski definition) is 10. The van der Waals surface area contributed by atoms with E-state index in [9.17, 15) is 16.8 Å². The molecule has 4 aromatic rings. The Kier molecular flexibility index (Phi) is 13.6. The maximum Gasteiger partial charge on any atom is 0.209 e. The van der Waals surface area contributed by atoms with Gasteiger partial charge in [0.05, 0.1) is 12.5 Å². The van der Waals surface area contributed by atoms with Gasteiger partial charge < -0.3 is 11.1 Å². The SMILES string of the molecule is CS(=O)(=O)NCc1ccc(N)cc1.CS(=O)(=O)NCc1ccc(Nc2cc(Cl)ncn2)cc1.Clc1cc(Cl)ncn1. The van der Waals surface area contributed by atoms with Gasteiger partial charge in [0.15, 0.2) is 0 Å². The van der Waals surface area contributed by atoms with Gasteiger partial charge in [0.1, 0.15) is 33.9 Å². The van der Waals surface area contributed by atoms with E-state index in [0.717, 1.165) is 29.3 Å². The molecule has 17 heteroatoms. The van der Waals surface area contributed by atoms with E-state index in [-0.39, 0.29) is 6.54 Å². The summed E-state index contributed by atoms with van der Waals surface area (Å²) in [6.45, 7) is 0.567. The Balaban J connectivity index is 0.000000239. The van der Waals surface area contributed by atoms with E-state index in [1.807, 2.05) is 24.3 Å². The van der Waals surface area contributed by atoms with Crippen LogP contribution < -0.4 is 20.5 Å². The molecule has 0 atom stereocenters. The number of halogens is 3. The van der Waals surface area contributed by atoms with Crippen LogP contribution in [0.1, 0.15) is 11.1 Å². The van der Waals surface area contributed by atoms with Crippen molar-refractivity contribution >= 4 is 72.0 Å². The number of benzene rings is 2. The highest BCUT2D eigenvalue weighted by Crippen LogP contribution is 2.17. The molecule has 5 N–H and O–H groups in total. The molecule has 0 spiro atoms. The summed E-state index contributed by atoms with van der Waals surface area (Å²) in [4.78, 5) is 15.0. The second-order valence-corrected chi connectivity index (χ2v) is 13.0. The fraction of sp³-hybridized carbons (Fsp3) is 0.167. The molecule has 2 heterocycles. The molecular weight excluding hydrogens is 635 g/mol. The maximum atomic E-state index is 11.0. The van der Waals surface area contributed by atoms with Crippen LogP contribution in [0.5, 0.6) is 0 Å². The van der Waals surface area contributed by atoms with E-state index < -0.39 is 20.0 Å². The molecule has 4 rings (SSSR count). The summed E-state index contributed by atoms with van der Waals surface area (Å²) >= 11 is 16.6. The lowest BCUT2D eigenvalue weighted by atomic mass is 10.2. The van der Waals surface area contributed by atoms with Crippen molar-refractivity contribution in [2.45, 2.75) is 13.1 Å². The number of nitrogen functional groups attached to an aromatic ring is 1. The summed E-state index contributed by atoms with van der Waals surface area (Å²) in [6.07, 6.45) is 4.94. The molecule has 0 bridgehead atoms. The first kappa shape index (κ1) is 34.1. The Morgan fingerprint density at radius 1 is 0.659 bits per heavy atom. The summed E-state index contributed by atoms with van der Waals surface area (Å²) in [5, 5.41) is 4.16. The first-order valence-electron chi connectivity index (χ1n) is 11.4. The molecule has 0 saturated heterocycles. The summed E-state index contributed by atoms with van der Waals surface area (Å²) in [6, 6.07) is 17.4. The monoisotopic (exact) mass is 660 g/mol. The number of sulfonamides is 2. The number of nitrogens with two attached hydrogens (primary N) is 1. The molecule has 0 unspecified atom stereocenters. The van der Waals surface area contributed by atoms with Crippen LogP contribution in [-0.2, 0) is 33.1 Å². The van der Waals surface area contributed by atoms with Crippen molar-refractivity contribution in [3.63, 3.8) is 0 Å². The summed E-state index contributed by atoms with van der Waals surface area (Å²) < 4.78 is 48.3. The third-order valence-corrected chi connectivity index (χ3v) is 6.47. The van der Waals surface area contributed by atoms with Crippen molar-refractivity contribution in [3.8, 4) is 0 Å². The molecule has 0 amide bonds. The van der Waals surface area contributed by atoms with Crippen LogP contribution >= 0.6 is 34.8 Å². The van der Waals surface area contributed by atoms with E-state index >= 15 is 0 Å². The van der Waals surface area contributed by atoms with E-state index in [1.54, 1.807) is 30.3 Å². The molecule has 0 aliphatic heterocycles. The zero-order valence-corrected chi connectivity index (χ0v) is 25.7. The Morgan fingerprint density at radius 3 is 1.46 bits per heavy atom. The van der Waals surface area contributed by atoms with E-state index in [0.29, 0.717) is 33.5 Å². The number of nitrogens with one attached hydrogen (secondary N) is 3. The molecule has 2 aromatic heterocycles. The molecule has 0 radical (unpaired) electrons. The highest BCUT2D eigenvalue weighted by Gasteiger charge is 2.02. The van der Waals surface area contributed by atoms with Crippen molar-refractivity contribution in [1.29, 1.82) is 0 Å². The van der Waals surface area contributed by atoms with Crippen LogP contribution in [-0.4, -0.2) is 49.3 Å². The minimum atomic E-state index is -3.18. The van der Waals surface area contributed by atoms with Crippen LogP contribution in [0.2, 0.25) is 15.5 Å². The Morgan fingerprint density at radius 2 is 1.07 bits per heavy atom. The molecular formula is C24H27Cl3N8O4S2. The van der Waals surface area contributed by atoms with E-state index in [4.69, 9.17) is 40.5 Å². The summed E-state index contributed by atoms with van der Waals surface area (Å²) in [7, 11) is -6.30. The number of hydrogen-bond donors (Lipinski definition) is 4. The van der Waals surface area contributed by atoms with Gasteiger partial charge in [-0.3, -0.25) is 0 Å². The standard InChI is InChI=1S/C12H13ClN4O2S.C8H12N2O2S.C4H2Cl2N2/c1-20(18,19)16-7-9-2-4-10(5-3-9)17-12-6-11(13)14-8-15-12;1-13(11,12)10-6-7-2-4-8(9)5-3-7;5-3-1-4(6)8-2-7-3/h2-6,8,16H,7H2,1H3,(H,14,15,17);2-5,10H,6,9H2,1H3;1-2H. The molecule has 0 saturated carbocycles. The number of aromatic nitrogens is 4. The quantitative estimate of drug-likeness (QED) is 0.159. The van der Waals surface area contributed by atoms with Crippen LogP contribution in [0.4, 0.5) is 17.2 Å². The van der Waals surface area contributed by atoms with Gasteiger partial charge in [0.25, 0.3) is 0 Å². The summed E-state index contributed by atoms with van der Waals surface area (Å²) in [5.41, 5.74) is 8.71. The second kappa shape index (κ2) is 16.4. The molecule has 0 fully saturated rings.